The Kier molecular flexibility index (Phi) is 5.53. The number of carbonyl (C=O) groups is 1. The highest BCUT2D eigenvalue weighted by atomic mass is 32.1. The second kappa shape index (κ2) is 7.81. The van der Waals surface area contributed by atoms with E-state index in [2.05, 4.69) is 63.7 Å². The Hall–Kier alpha value is -1.85. The minimum absolute atomic E-state index is 0.0787. The summed E-state index contributed by atoms with van der Waals surface area (Å²) in [5, 5.41) is 10.3. The van der Waals surface area contributed by atoms with Gasteiger partial charge in [0.05, 0.1) is 0 Å². The Bertz CT molecular complexity index is 671. The van der Waals surface area contributed by atoms with Crippen LogP contribution in [0.25, 0.3) is 0 Å². The SMILES string of the molecule is C[C@H](Cc1ccsc1)NC(=O)NC[C@@H]1Cc2ccccc2CN1C. The lowest BCUT2D eigenvalue weighted by atomic mass is 9.94. The van der Waals surface area contributed by atoms with Crippen LogP contribution in [0.5, 0.6) is 0 Å². The summed E-state index contributed by atoms with van der Waals surface area (Å²) >= 11 is 1.69. The number of benzene rings is 1. The molecule has 2 N–H and O–H groups in total. The molecule has 1 aliphatic heterocycles. The molecular weight excluding hydrogens is 318 g/mol. The molecule has 2 atom stereocenters. The quantitative estimate of drug-likeness (QED) is 0.876. The molecule has 24 heavy (non-hydrogen) atoms. The van der Waals surface area contributed by atoms with Crippen molar-refractivity contribution in [2.75, 3.05) is 13.6 Å². The van der Waals surface area contributed by atoms with E-state index in [4.69, 9.17) is 0 Å². The minimum Gasteiger partial charge on any atom is -0.337 e. The largest absolute Gasteiger partial charge is 0.337 e. The first-order valence-corrected chi connectivity index (χ1v) is 9.38. The third-order valence-electron chi connectivity index (χ3n) is 4.61. The first-order valence-electron chi connectivity index (χ1n) is 8.44. The summed E-state index contributed by atoms with van der Waals surface area (Å²) in [6.45, 7) is 3.65. The highest BCUT2D eigenvalue weighted by molar-refractivity contribution is 7.07. The second-order valence-corrected chi connectivity index (χ2v) is 7.41. The molecule has 0 radical (unpaired) electrons. The Labute approximate surface area is 147 Å². The van der Waals surface area contributed by atoms with Gasteiger partial charge in [0.15, 0.2) is 0 Å². The Morgan fingerprint density at radius 2 is 2.12 bits per heavy atom. The van der Waals surface area contributed by atoms with Crippen molar-refractivity contribution in [1.82, 2.24) is 15.5 Å². The van der Waals surface area contributed by atoms with Gasteiger partial charge in [0.2, 0.25) is 0 Å². The highest BCUT2D eigenvalue weighted by Crippen LogP contribution is 2.21. The number of rotatable bonds is 5. The smallest absolute Gasteiger partial charge is 0.315 e. The first-order chi connectivity index (χ1) is 11.6. The molecule has 0 unspecified atom stereocenters. The van der Waals surface area contributed by atoms with Crippen LogP contribution < -0.4 is 10.6 Å². The summed E-state index contributed by atoms with van der Waals surface area (Å²) in [4.78, 5) is 14.5. The fourth-order valence-corrected chi connectivity index (χ4v) is 3.93. The Balaban J connectivity index is 1.46. The number of nitrogens with zero attached hydrogens (tertiary/aromatic N) is 1. The van der Waals surface area contributed by atoms with Gasteiger partial charge in [-0.3, -0.25) is 4.90 Å². The summed E-state index contributed by atoms with van der Waals surface area (Å²) < 4.78 is 0. The molecule has 1 aromatic carbocycles. The van der Waals surface area contributed by atoms with Gasteiger partial charge in [-0.05, 0) is 60.3 Å². The van der Waals surface area contributed by atoms with Crippen molar-refractivity contribution < 1.29 is 4.79 Å². The standard InChI is InChI=1S/C19H25N3OS/c1-14(9-15-7-8-24-13-15)21-19(23)20-11-18-10-16-5-3-4-6-17(16)12-22(18)2/h3-8,13-14,18H,9-12H2,1-2H3,(H2,20,21,23)/t14-,18+/m1/s1. The van der Waals surface area contributed by atoms with Crippen molar-refractivity contribution in [3.8, 4) is 0 Å². The van der Waals surface area contributed by atoms with E-state index in [1.54, 1.807) is 11.3 Å². The number of likely N-dealkylation sites (N-methyl/N-ethyl adjacent to an activating group) is 1. The molecule has 5 heteroatoms. The molecule has 2 aromatic rings. The van der Waals surface area contributed by atoms with Crippen LogP contribution >= 0.6 is 11.3 Å². The number of nitrogens with one attached hydrogen (secondary N) is 2. The number of carbonyl (C=O) groups excluding carboxylic acids is 1. The lowest BCUT2D eigenvalue weighted by molar-refractivity contribution is 0.202. The summed E-state index contributed by atoms with van der Waals surface area (Å²) in [6, 6.07) is 11.1. The van der Waals surface area contributed by atoms with Gasteiger partial charge < -0.3 is 10.6 Å². The van der Waals surface area contributed by atoms with E-state index in [1.807, 2.05) is 6.92 Å². The third kappa shape index (κ3) is 4.36. The van der Waals surface area contributed by atoms with Crippen LogP contribution in [0, 0.1) is 0 Å². The van der Waals surface area contributed by atoms with Crippen molar-refractivity contribution in [3.63, 3.8) is 0 Å². The maximum absolute atomic E-state index is 12.1. The molecule has 3 rings (SSSR count). The Morgan fingerprint density at radius 3 is 2.88 bits per heavy atom. The van der Waals surface area contributed by atoms with Gasteiger partial charge >= 0.3 is 6.03 Å². The zero-order valence-corrected chi connectivity index (χ0v) is 15.1. The van der Waals surface area contributed by atoms with Gasteiger partial charge in [-0.15, -0.1) is 0 Å². The van der Waals surface area contributed by atoms with Crippen molar-refractivity contribution in [2.45, 2.75) is 38.4 Å². The number of hydrogen-bond acceptors (Lipinski definition) is 3. The normalized spacial score (nSPS) is 18.7. The fourth-order valence-electron chi connectivity index (χ4n) is 3.25. The predicted octanol–water partition coefficient (Wildman–Crippen LogP) is 3.04. The highest BCUT2D eigenvalue weighted by Gasteiger charge is 2.23. The lowest BCUT2D eigenvalue weighted by Crippen LogP contribution is -2.49. The van der Waals surface area contributed by atoms with Gasteiger partial charge in [-0.25, -0.2) is 4.79 Å². The van der Waals surface area contributed by atoms with Crippen LogP contribution in [0.2, 0.25) is 0 Å². The number of fused-ring (bicyclic) bond motifs is 1. The molecule has 0 spiro atoms. The van der Waals surface area contributed by atoms with Gasteiger partial charge in [-0.1, -0.05) is 24.3 Å². The number of hydrogen-bond donors (Lipinski definition) is 2. The number of urea groups is 1. The van der Waals surface area contributed by atoms with Crippen LogP contribution in [-0.4, -0.2) is 36.6 Å². The number of amides is 2. The summed E-state index contributed by atoms with van der Waals surface area (Å²) in [5.41, 5.74) is 4.06. The molecule has 0 fully saturated rings. The molecule has 0 aliphatic carbocycles. The molecule has 0 bridgehead atoms. The maximum atomic E-state index is 12.1. The first kappa shape index (κ1) is 17.0. The van der Waals surface area contributed by atoms with Crippen molar-refractivity contribution >= 4 is 17.4 Å². The van der Waals surface area contributed by atoms with Gasteiger partial charge in [-0.2, -0.15) is 11.3 Å². The third-order valence-corrected chi connectivity index (χ3v) is 5.35. The maximum Gasteiger partial charge on any atom is 0.315 e. The summed E-state index contributed by atoms with van der Waals surface area (Å²) in [6.07, 6.45) is 1.85. The average Bonchev–Trinajstić information content (AvgIpc) is 3.05. The fraction of sp³-hybridized carbons (Fsp3) is 0.421. The van der Waals surface area contributed by atoms with E-state index < -0.39 is 0 Å². The van der Waals surface area contributed by atoms with E-state index >= 15 is 0 Å². The summed E-state index contributed by atoms with van der Waals surface area (Å²) in [7, 11) is 2.12. The minimum atomic E-state index is -0.0787. The molecular formula is C19H25N3OS. The van der Waals surface area contributed by atoms with E-state index in [-0.39, 0.29) is 12.1 Å². The second-order valence-electron chi connectivity index (χ2n) is 6.63. The molecule has 2 heterocycles. The van der Waals surface area contributed by atoms with Crippen LogP contribution in [-0.2, 0) is 19.4 Å². The number of thiophene rings is 1. The van der Waals surface area contributed by atoms with Crippen LogP contribution in [0.1, 0.15) is 23.6 Å². The molecule has 128 valence electrons. The molecule has 1 aliphatic rings. The topological polar surface area (TPSA) is 44.4 Å². The molecule has 0 saturated heterocycles. The van der Waals surface area contributed by atoms with Crippen LogP contribution in [0.4, 0.5) is 4.79 Å². The predicted molar refractivity (Wildman–Crippen MR) is 99.4 cm³/mol. The summed E-state index contributed by atoms with van der Waals surface area (Å²) in [5.74, 6) is 0. The van der Waals surface area contributed by atoms with Gasteiger partial charge in [0, 0.05) is 25.2 Å². The van der Waals surface area contributed by atoms with E-state index in [0.29, 0.717) is 12.6 Å². The van der Waals surface area contributed by atoms with Crippen molar-refractivity contribution in [3.05, 3.63) is 57.8 Å². The van der Waals surface area contributed by atoms with Crippen molar-refractivity contribution in [2.24, 2.45) is 0 Å². The lowest BCUT2D eigenvalue weighted by Gasteiger charge is -2.34. The van der Waals surface area contributed by atoms with Gasteiger partial charge in [0.1, 0.15) is 0 Å². The molecule has 4 nitrogen and oxygen atoms in total. The van der Waals surface area contributed by atoms with Crippen LogP contribution in [0.3, 0.4) is 0 Å². The Morgan fingerprint density at radius 1 is 1.33 bits per heavy atom. The molecule has 2 amide bonds. The molecule has 1 aromatic heterocycles. The van der Waals surface area contributed by atoms with E-state index in [0.717, 1.165) is 19.4 Å². The monoisotopic (exact) mass is 343 g/mol. The average molecular weight is 343 g/mol. The van der Waals surface area contributed by atoms with Gasteiger partial charge in [0.25, 0.3) is 0 Å². The van der Waals surface area contributed by atoms with E-state index in [9.17, 15) is 4.79 Å². The molecule has 0 saturated carbocycles. The van der Waals surface area contributed by atoms with Crippen molar-refractivity contribution in [1.29, 1.82) is 0 Å². The zero-order valence-electron chi connectivity index (χ0n) is 14.3. The van der Waals surface area contributed by atoms with E-state index in [1.165, 1.54) is 16.7 Å². The zero-order chi connectivity index (χ0) is 16.9. The van der Waals surface area contributed by atoms with Crippen LogP contribution in [0.15, 0.2) is 41.1 Å².